The van der Waals surface area contributed by atoms with Crippen LogP contribution in [0.1, 0.15) is 4.88 Å². The smallest absolute Gasteiger partial charge is 0.263 e. The van der Waals surface area contributed by atoms with E-state index in [4.69, 9.17) is 0 Å². The zero-order valence-electron chi connectivity index (χ0n) is 17.5. The predicted octanol–water partition coefficient (Wildman–Crippen LogP) is 1.48. The van der Waals surface area contributed by atoms with Crippen LogP contribution in [-0.4, -0.2) is 66.3 Å². The normalized spacial score (nSPS) is 15.8. The van der Waals surface area contributed by atoms with Crippen molar-refractivity contribution in [1.29, 1.82) is 0 Å². The van der Waals surface area contributed by atoms with Crippen molar-refractivity contribution in [3.63, 3.8) is 0 Å². The summed E-state index contributed by atoms with van der Waals surface area (Å²) in [6.45, 7) is 3.06. The van der Waals surface area contributed by atoms with E-state index in [2.05, 4.69) is 10.3 Å². The standard InChI is InChI=1S/C20H22FN5O4S2/c1-13-18(32(29,30)26-9-7-24(2)8-10-26)17-19(31-13)22-12-25(20(17)28)11-16(27)23-15-6-4-3-5-14(15)21/h3-6,12H,7-11H2,1-2H3,(H,23,27). The van der Waals surface area contributed by atoms with E-state index in [1.807, 2.05) is 11.9 Å². The van der Waals surface area contributed by atoms with Crippen LogP contribution in [0.15, 0.2) is 40.3 Å². The first-order valence-electron chi connectivity index (χ1n) is 9.90. The molecule has 0 atom stereocenters. The zero-order valence-corrected chi connectivity index (χ0v) is 19.2. The number of likely N-dealkylation sites (N-methyl/N-ethyl adjacent to an activating group) is 1. The highest BCUT2D eigenvalue weighted by Crippen LogP contribution is 2.33. The van der Waals surface area contributed by atoms with Gasteiger partial charge in [0.2, 0.25) is 15.9 Å². The van der Waals surface area contributed by atoms with Crippen molar-refractivity contribution >= 4 is 43.2 Å². The zero-order chi connectivity index (χ0) is 23.0. The molecule has 0 bridgehead atoms. The fourth-order valence-electron chi connectivity index (χ4n) is 3.60. The number of anilines is 1. The summed E-state index contributed by atoms with van der Waals surface area (Å²) in [5.41, 5.74) is -0.639. The summed E-state index contributed by atoms with van der Waals surface area (Å²) in [6.07, 6.45) is 1.20. The summed E-state index contributed by atoms with van der Waals surface area (Å²) in [7, 11) is -1.99. The van der Waals surface area contributed by atoms with Crippen LogP contribution in [0.5, 0.6) is 0 Å². The van der Waals surface area contributed by atoms with Crippen LogP contribution >= 0.6 is 11.3 Å². The summed E-state index contributed by atoms with van der Waals surface area (Å²) in [5.74, 6) is -1.23. The van der Waals surface area contributed by atoms with Crippen LogP contribution in [-0.2, 0) is 21.4 Å². The summed E-state index contributed by atoms with van der Waals surface area (Å²) in [5, 5.41) is 2.39. The third-order valence-corrected chi connectivity index (χ3v) is 8.54. The number of rotatable bonds is 5. The SMILES string of the molecule is Cc1sc2ncn(CC(=O)Nc3ccccc3F)c(=O)c2c1S(=O)(=O)N1CCN(C)CC1. The second-order valence-electron chi connectivity index (χ2n) is 7.58. The molecule has 1 N–H and O–H groups in total. The Morgan fingerprint density at radius 3 is 2.59 bits per heavy atom. The number of para-hydroxylation sites is 1. The van der Waals surface area contributed by atoms with Gasteiger partial charge in [0, 0.05) is 31.1 Å². The van der Waals surface area contributed by atoms with Crippen molar-refractivity contribution < 1.29 is 17.6 Å². The van der Waals surface area contributed by atoms with Crippen LogP contribution in [0.2, 0.25) is 0 Å². The molecular weight excluding hydrogens is 457 g/mol. The Morgan fingerprint density at radius 2 is 1.91 bits per heavy atom. The van der Waals surface area contributed by atoms with E-state index in [-0.39, 0.29) is 16.0 Å². The third-order valence-electron chi connectivity index (χ3n) is 5.32. The predicted molar refractivity (Wildman–Crippen MR) is 120 cm³/mol. The van der Waals surface area contributed by atoms with Crippen LogP contribution in [0.4, 0.5) is 10.1 Å². The Morgan fingerprint density at radius 1 is 1.22 bits per heavy atom. The second kappa shape index (κ2) is 8.70. The monoisotopic (exact) mass is 479 g/mol. The topological polar surface area (TPSA) is 105 Å². The molecule has 3 aromatic rings. The van der Waals surface area contributed by atoms with E-state index in [1.165, 1.54) is 28.8 Å². The molecule has 2 aromatic heterocycles. The van der Waals surface area contributed by atoms with Crippen molar-refractivity contribution in [2.75, 3.05) is 38.5 Å². The summed E-state index contributed by atoms with van der Waals surface area (Å²) >= 11 is 1.13. The van der Waals surface area contributed by atoms with Crippen molar-refractivity contribution in [2.24, 2.45) is 0 Å². The highest BCUT2D eigenvalue weighted by Gasteiger charge is 2.33. The van der Waals surface area contributed by atoms with Crippen molar-refractivity contribution in [1.82, 2.24) is 18.8 Å². The van der Waals surface area contributed by atoms with Gasteiger partial charge in [-0.25, -0.2) is 17.8 Å². The van der Waals surface area contributed by atoms with Crippen molar-refractivity contribution in [2.45, 2.75) is 18.4 Å². The van der Waals surface area contributed by atoms with Gasteiger partial charge in [-0.05, 0) is 26.1 Å². The van der Waals surface area contributed by atoms with Gasteiger partial charge in [-0.3, -0.25) is 14.2 Å². The maximum atomic E-state index is 13.8. The number of hydrogen-bond acceptors (Lipinski definition) is 7. The number of sulfonamides is 1. The van der Waals surface area contributed by atoms with Crippen LogP contribution in [0.25, 0.3) is 10.2 Å². The summed E-state index contributed by atoms with van der Waals surface area (Å²) < 4.78 is 43.0. The van der Waals surface area contributed by atoms with Gasteiger partial charge in [0.25, 0.3) is 5.56 Å². The number of aromatic nitrogens is 2. The Hall–Kier alpha value is -2.67. The van der Waals surface area contributed by atoms with Gasteiger partial charge in [0.05, 0.1) is 17.4 Å². The molecule has 1 saturated heterocycles. The molecular formula is C20H22FN5O4S2. The van der Waals surface area contributed by atoms with Crippen LogP contribution in [0.3, 0.4) is 0 Å². The van der Waals surface area contributed by atoms with E-state index >= 15 is 0 Å². The first-order chi connectivity index (χ1) is 15.2. The molecule has 1 aliphatic heterocycles. The first-order valence-corrected chi connectivity index (χ1v) is 12.2. The van der Waals surface area contributed by atoms with Gasteiger partial charge < -0.3 is 10.2 Å². The van der Waals surface area contributed by atoms with Gasteiger partial charge in [0.15, 0.2) is 0 Å². The number of fused-ring (bicyclic) bond motifs is 1. The lowest BCUT2D eigenvalue weighted by Gasteiger charge is -2.31. The third kappa shape index (κ3) is 4.18. The average Bonchev–Trinajstić information content (AvgIpc) is 3.10. The fraction of sp³-hybridized carbons (Fsp3) is 0.350. The molecule has 4 rings (SSSR count). The van der Waals surface area contributed by atoms with Crippen molar-refractivity contribution in [3.8, 4) is 0 Å². The molecule has 1 fully saturated rings. The summed E-state index contributed by atoms with van der Waals surface area (Å²) in [4.78, 5) is 32.5. The van der Waals surface area contributed by atoms with Gasteiger partial charge in [0.1, 0.15) is 22.1 Å². The number of nitrogens with one attached hydrogen (secondary N) is 1. The van der Waals surface area contributed by atoms with Crippen molar-refractivity contribution in [3.05, 3.63) is 51.6 Å². The fourth-order valence-corrected chi connectivity index (χ4v) is 6.69. The van der Waals surface area contributed by atoms with Gasteiger partial charge in [-0.15, -0.1) is 11.3 Å². The molecule has 1 aromatic carbocycles. The van der Waals surface area contributed by atoms with E-state index < -0.39 is 33.9 Å². The lowest BCUT2D eigenvalue weighted by Crippen LogP contribution is -2.47. The Kier molecular flexibility index (Phi) is 6.12. The number of carbonyl (C=O) groups is 1. The number of piperazine rings is 1. The highest BCUT2D eigenvalue weighted by atomic mass is 32.2. The number of halogens is 1. The number of hydrogen-bond donors (Lipinski definition) is 1. The maximum absolute atomic E-state index is 13.8. The molecule has 12 heteroatoms. The molecule has 0 spiro atoms. The van der Waals surface area contributed by atoms with Crippen LogP contribution < -0.4 is 10.9 Å². The largest absolute Gasteiger partial charge is 0.322 e. The minimum atomic E-state index is -3.91. The van der Waals surface area contributed by atoms with Crippen LogP contribution in [0, 0.1) is 12.7 Å². The number of aryl methyl sites for hydroxylation is 1. The second-order valence-corrected chi connectivity index (χ2v) is 10.7. The molecule has 0 aliphatic carbocycles. The molecule has 0 unspecified atom stereocenters. The molecule has 9 nitrogen and oxygen atoms in total. The number of thiophene rings is 1. The molecule has 3 heterocycles. The Balaban J connectivity index is 1.69. The van der Waals surface area contributed by atoms with E-state index in [0.29, 0.717) is 35.9 Å². The lowest BCUT2D eigenvalue weighted by molar-refractivity contribution is -0.116. The summed E-state index contributed by atoms with van der Waals surface area (Å²) in [6, 6.07) is 5.68. The van der Waals surface area contributed by atoms with E-state index in [0.717, 1.165) is 15.9 Å². The van der Waals surface area contributed by atoms with Gasteiger partial charge in [-0.1, -0.05) is 12.1 Å². The molecule has 1 amide bonds. The minimum Gasteiger partial charge on any atom is -0.322 e. The number of carbonyl (C=O) groups excluding carboxylic acids is 1. The van der Waals surface area contributed by atoms with Gasteiger partial charge >= 0.3 is 0 Å². The first kappa shape index (κ1) is 22.5. The molecule has 170 valence electrons. The minimum absolute atomic E-state index is 0.00991. The number of amides is 1. The molecule has 1 aliphatic rings. The maximum Gasteiger partial charge on any atom is 0.263 e. The van der Waals surface area contributed by atoms with E-state index in [9.17, 15) is 22.4 Å². The quantitative estimate of drug-likeness (QED) is 0.595. The molecule has 0 radical (unpaired) electrons. The number of benzene rings is 1. The average molecular weight is 480 g/mol. The van der Waals surface area contributed by atoms with E-state index in [1.54, 1.807) is 13.0 Å². The molecule has 32 heavy (non-hydrogen) atoms. The Labute approximate surface area is 188 Å². The molecule has 0 saturated carbocycles. The highest BCUT2D eigenvalue weighted by molar-refractivity contribution is 7.89. The number of nitrogens with zero attached hydrogens (tertiary/aromatic N) is 4. The lowest BCUT2D eigenvalue weighted by atomic mass is 10.3. The van der Waals surface area contributed by atoms with Gasteiger partial charge in [-0.2, -0.15) is 4.31 Å². The Bertz CT molecular complexity index is 1340.